The maximum atomic E-state index is 6.14. The molecule has 78 valence electrons. The summed E-state index contributed by atoms with van der Waals surface area (Å²) in [6.45, 7) is 4.41. The van der Waals surface area contributed by atoms with Gasteiger partial charge in [-0.1, -0.05) is 13.8 Å². The monoisotopic (exact) mass is 193 g/mol. The summed E-state index contributed by atoms with van der Waals surface area (Å²) in [5, 5.41) is 4.56. The van der Waals surface area contributed by atoms with Gasteiger partial charge < -0.3 is 5.73 Å². The molecule has 1 aliphatic rings. The van der Waals surface area contributed by atoms with Crippen molar-refractivity contribution in [3.8, 4) is 0 Å². The van der Waals surface area contributed by atoms with Crippen molar-refractivity contribution in [3.63, 3.8) is 0 Å². The highest BCUT2D eigenvalue weighted by Gasteiger charge is 2.26. The fraction of sp³-hybridized carbons (Fsp3) is 0.727. The Labute approximate surface area is 85.3 Å². The van der Waals surface area contributed by atoms with Gasteiger partial charge in [0.05, 0.1) is 5.69 Å². The van der Waals surface area contributed by atoms with Gasteiger partial charge in [-0.3, -0.25) is 4.68 Å². The molecule has 1 atom stereocenters. The van der Waals surface area contributed by atoms with Crippen LogP contribution in [0.4, 0.5) is 0 Å². The van der Waals surface area contributed by atoms with Crippen molar-refractivity contribution in [1.82, 2.24) is 9.78 Å². The van der Waals surface area contributed by atoms with E-state index in [1.165, 1.54) is 23.4 Å². The van der Waals surface area contributed by atoms with E-state index < -0.39 is 0 Å². The topological polar surface area (TPSA) is 43.8 Å². The van der Waals surface area contributed by atoms with Crippen LogP contribution in [0.2, 0.25) is 0 Å². The second kappa shape index (κ2) is 3.39. The van der Waals surface area contributed by atoms with Crippen LogP contribution in [0, 0.1) is 0 Å². The molecule has 0 bridgehead atoms. The van der Waals surface area contributed by atoms with Crippen molar-refractivity contribution < 1.29 is 0 Å². The average Bonchev–Trinajstić information content (AvgIpc) is 2.42. The van der Waals surface area contributed by atoms with Gasteiger partial charge in [0, 0.05) is 24.3 Å². The minimum absolute atomic E-state index is 0.213. The predicted octanol–water partition coefficient (Wildman–Crippen LogP) is 1.88. The molecule has 0 saturated carbocycles. The zero-order valence-electron chi connectivity index (χ0n) is 9.25. The van der Waals surface area contributed by atoms with Crippen LogP contribution in [0.1, 0.15) is 55.6 Å². The summed E-state index contributed by atoms with van der Waals surface area (Å²) in [5.74, 6) is 0.514. The van der Waals surface area contributed by atoms with Crippen molar-refractivity contribution in [3.05, 3.63) is 17.0 Å². The fourth-order valence-electron chi connectivity index (χ4n) is 2.52. The Bertz CT molecular complexity index is 339. The Morgan fingerprint density at radius 3 is 2.86 bits per heavy atom. The van der Waals surface area contributed by atoms with Gasteiger partial charge in [0.15, 0.2) is 0 Å². The molecule has 1 heterocycles. The van der Waals surface area contributed by atoms with Crippen molar-refractivity contribution >= 4 is 0 Å². The van der Waals surface area contributed by atoms with Crippen LogP contribution >= 0.6 is 0 Å². The normalized spacial score (nSPS) is 21.4. The molecule has 1 aromatic rings. The Hall–Kier alpha value is -0.830. The van der Waals surface area contributed by atoms with E-state index in [9.17, 15) is 0 Å². The van der Waals surface area contributed by atoms with Crippen LogP contribution in [-0.2, 0) is 13.5 Å². The lowest BCUT2D eigenvalue weighted by Gasteiger charge is -2.20. The number of rotatable bonds is 1. The highest BCUT2D eigenvalue weighted by Crippen LogP contribution is 2.33. The lowest BCUT2D eigenvalue weighted by Crippen LogP contribution is -2.18. The molecule has 0 fully saturated rings. The molecule has 14 heavy (non-hydrogen) atoms. The summed E-state index contributed by atoms with van der Waals surface area (Å²) in [6, 6.07) is 0.213. The molecule has 0 aromatic carbocycles. The highest BCUT2D eigenvalue weighted by molar-refractivity contribution is 5.33. The number of aryl methyl sites for hydroxylation is 2. The van der Waals surface area contributed by atoms with Crippen molar-refractivity contribution in [2.24, 2.45) is 12.8 Å². The molecular weight excluding hydrogens is 174 g/mol. The van der Waals surface area contributed by atoms with Crippen LogP contribution in [-0.4, -0.2) is 9.78 Å². The first-order chi connectivity index (χ1) is 6.61. The number of fused-ring (bicyclic) bond motifs is 1. The number of hydrogen-bond donors (Lipinski definition) is 1. The smallest absolute Gasteiger partial charge is 0.0675 e. The lowest BCUT2D eigenvalue weighted by molar-refractivity contribution is 0.560. The maximum absolute atomic E-state index is 6.14. The predicted molar refractivity (Wildman–Crippen MR) is 57.2 cm³/mol. The highest BCUT2D eigenvalue weighted by atomic mass is 15.3. The maximum Gasteiger partial charge on any atom is 0.0675 e. The summed E-state index contributed by atoms with van der Waals surface area (Å²) in [5.41, 5.74) is 10.0. The Morgan fingerprint density at radius 1 is 1.50 bits per heavy atom. The molecule has 2 N–H and O–H groups in total. The molecule has 2 rings (SSSR count). The zero-order valence-corrected chi connectivity index (χ0v) is 9.25. The van der Waals surface area contributed by atoms with Crippen molar-refractivity contribution in [2.45, 2.75) is 45.1 Å². The zero-order chi connectivity index (χ0) is 10.3. The van der Waals surface area contributed by atoms with E-state index in [-0.39, 0.29) is 6.04 Å². The third-order valence-corrected chi connectivity index (χ3v) is 3.05. The largest absolute Gasteiger partial charge is 0.324 e. The van der Waals surface area contributed by atoms with Crippen molar-refractivity contribution in [1.29, 1.82) is 0 Å². The molecule has 0 spiro atoms. The molecule has 0 aliphatic heterocycles. The van der Waals surface area contributed by atoms with Crippen LogP contribution < -0.4 is 5.73 Å². The number of nitrogens with zero attached hydrogens (tertiary/aromatic N) is 2. The van der Waals surface area contributed by atoms with Crippen LogP contribution in [0.5, 0.6) is 0 Å². The molecule has 1 aliphatic carbocycles. The summed E-state index contributed by atoms with van der Waals surface area (Å²) in [7, 11) is 2.03. The van der Waals surface area contributed by atoms with Crippen molar-refractivity contribution in [2.75, 3.05) is 0 Å². The van der Waals surface area contributed by atoms with Crippen LogP contribution in [0.15, 0.2) is 0 Å². The molecule has 0 amide bonds. The molecule has 0 radical (unpaired) electrons. The Morgan fingerprint density at radius 2 is 2.21 bits per heavy atom. The number of hydrogen-bond acceptors (Lipinski definition) is 2. The summed E-state index contributed by atoms with van der Waals surface area (Å²) in [4.78, 5) is 0. The molecule has 3 nitrogen and oxygen atoms in total. The van der Waals surface area contributed by atoms with E-state index in [1.54, 1.807) is 0 Å². The van der Waals surface area contributed by atoms with Gasteiger partial charge in [-0.2, -0.15) is 5.10 Å². The third kappa shape index (κ3) is 1.36. The molecular formula is C11H19N3. The molecule has 1 unspecified atom stereocenters. The van der Waals surface area contributed by atoms with Gasteiger partial charge in [-0.25, -0.2) is 0 Å². The first-order valence-corrected chi connectivity index (χ1v) is 5.42. The quantitative estimate of drug-likeness (QED) is 0.740. The minimum atomic E-state index is 0.213. The first kappa shape index (κ1) is 9.71. The van der Waals surface area contributed by atoms with Crippen LogP contribution in [0.3, 0.4) is 0 Å². The van der Waals surface area contributed by atoms with Gasteiger partial charge in [0.25, 0.3) is 0 Å². The summed E-state index contributed by atoms with van der Waals surface area (Å²) >= 11 is 0. The average molecular weight is 193 g/mol. The third-order valence-electron chi connectivity index (χ3n) is 3.05. The standard InChI is InChI=1S/C11H19N3/c1-7(2)11-10-8(12)5-4-6-9(10)13-14(11)3/h7-8H,4-6,12H2,1-3H3. The Kier molecular flexibility index (Phi) is 2.35. The second-order valence-electron chi connectivity index (χ2n) is 4.52. The van der Waals surface area contributed by atoms with E-state index in [0.717, 1.165) is 12.8 Å². The summed E-state index contributed by atoms with van der Waals surface area (Å²) in [6.07, 6.45) is 3.39. The minimum Gasteiger partial charge on any atom is -0.324 e. The number of aromatic nitrogens is 2. The molecule has 3 heteroatoms. The van der Waals surface area contributed by atoms with Gasteiger partial charge in [0.2, 0.25) is 0 Å². The van der Waals surface area contributed by atoms with Gasteiger partial charge in [-0.15, -0.1) is 0 Å². The molecule has 1 aromatic heterocycles. The molecule has 0 saturated heterocycles. The van der Waals surface area contributed by atoms with E-state index in [0.29, 0.717) is 5.92 Å². The van der Waals surface area contributed by atoms with Crippen LogP contribution in [0.25, 0.3) is 0 Å². The van der Waals surface area contributed by atoms with E-state index in [2.05, 4.69) is 18.9 Å². The summed E-state index contributed by atoms with van der Waals surface area (Å²) < 4.78 is 2.01. The van der Waals surface area contributed by atoms with Gasteiger partial charge in [0.1, 0.15) is 0 Å². The van der Waals surface area contributed by atoms with E-state index in [1.807, 2.05) is 11.7 Å². The number of nitrogens with two attached hydrogens (primary N) is 1. The first-order valence-electron chi connectivity index (χ1n) is 5.42. The van der Waals surface area contributed by atoms with Gasteiger partial charge in [-0.05, 0) is 25.2 Å². The second-order valence-corrected chi connectivity index (χ2v) is 4.52. The van der Waals surface area contributed by atoms with E-state index >= 15 is 0 Å². The fourth-order valence-corrected chi connectivity index (χ4v) is 2.52. The van der Waals surface area contributed by atoms with Gasteiger partial charge >= 0.3 is 0 Å². The lowest BCUT2D eigenvalue weighted by atomic mass is 9.89. The SMILES string of the molecule is CC(C)c1c2c(nn1C)CCCC2N. The Balaban J connectivity index is 2.54. The van der Waals surface area contributed by atoms with E-state index in [4.69, 9.17) is 5.73 Å².